The number of aromatic nitrogens is 1. The van der Waals surface area contributed by atoms with Crippen molar-refractivity contribution in [2.45, 2.75) is 65.3 Å². The predicted molar refractivity (Wildman–Crippen MR) is 173 cm³/mol. The van der Waals surface area contributed by atoms with Gasteiger partial charge in [-0.3, -0.25) is 9.36 Å². The molecule has 1 aliphatic rings. The molecule has 44 heavy (non-hydrogen) atoms. The predicted octanol–water partition coefficient (Wildman–Crippen LogP) is 6.38. The van der Waals surface area contributed by atoms with Crippen LogP contribution < -0.4 is 14.9 Å². The number of rotatable bonds is 5. The normalized spacial score (nSPS) is 15.6. The van der Waals surface area contributed by atoms with E-state index in [1.807, 2.05) is 90.1 Å². The molecule has 1 aliphatic heterocycles. The molecular formula is C36H37FN2O4S. The van der Waals surface area contributed by atoms with Gasteiger partial charge in [0.15, 0.2) is 4.80 Å². The van der Waals surface area contributed by atoms with E-state index in [1.165, 1.54) is 28.0 Å². The highest BCUT2D eigenvalue weighted by molar-refractivity contribution is 7.07. The molecule has 0 radical (unpaired) electrons. The summed E-state index contributed by atoms with van der Waals surface area (Å²) in [5.41, 5.74) is 3.18. The van der Waals surface area contributed by atoms with E-state index >= 15 is 0 Å². The van der Waals surface area contributed by atoms with E-state index in [-0.39, 0.29) is 34.3 Å². The van der Waals surface area contributed by atoms with Crippen molar-refractivity contribution in [3.05, 3.63) is 126 Å². The zero-order chi connectivity index (χ0) is 32.0. The molecule has 0 spiro atoms. The van der Waals surface area contributed by atoms with Gasteiger partial charge >= 0.3 is 5.97 Å². The minimum Gasteiger partial charge on any atom is -0.507 e. The molecule has 0 aliphatic carbocycles. The van der Waals surface area contributed by atoms with Crippen molar-refractivity contribution >= 4 is 29.1 Å². The average molecular weight is 613 g/mol. The standard InChI is InChI=1S/C36H37FN2O4S/c1-8-43-33(42)28-29(22-12-10-9-11-13-22)38-34-39(30(28)23-14-16-24(37)17-15-23)32(41)27(44-34)20-21-18-25(35(2,3)4)31(40)26(19-21)36(5,6)7/h9-20,30,40H,8H2,1-7H3/b27-20+. The van der Waals surface area contributed by atoms with E-state index in [0.717, 1.165) is 16.7 Å². The number of carbonyl (C=O) groups is 1. The van der Waals surface area contributed by atoms with Crippen LogP contribution in [-0.4, -0.2) is 22.2 Å². The lowest BCUT2D eigenvalue weighted by molar-refractivity contribution is -0.138. The Balaban J connectivity index is 1.83. The number of phenols is 1. The molecule has 6 nitrogen and oxygen atoms in total. The third kappa shape index (κ3) is 5.91. The average Bonchev–Trinajstić information content (AvgIpc) is 3.27. The highest BCUT2D eigenvalue weighted by Gasteiger charge is 2.35. The summed E-state index contributed by atoms with van der Waals surface area (Å²) >= 11 is 1.22. The van der Waals surface area contributed by atoms with Crippen molar-refractivity contribution in [1.29, 1.82) is 0 Å². The second-order valence-corrected chi connectivity index (χ2v) is 14.0. The molecule has 0 fully saturated rings. The van der Waals surface area contributed by atoms with Gasteiger partial charge in [0.25, 0.3) is 5.56 Å². The van der Waals surface area contributed by atoms with Crippen molar-refractivity contribution in [1.82, 2.24) is 4.57 Å². The highest BCUT2D eigenvalue weighted by Crippen LogP contribution is 2.40. The van der Waals surface area contributed by atoms with Gasteiger partial charge in [0.2, 0.25) is 0 Å². The first kappa shape index (κ1) is 31.1. The molecular weight excluding hydrogens is 575 g/mol. The molecule has 228 valence electrons. The fourth-order valence-electron chi connectivity index (χ4n) is 5.44. The third-order valence-electron chi connectivity index (χ3n) is 7.61. The van der Waals surface area contributed by atoms with Gasteiger partial charge in [0.1, 0.15) is 11.6 Å². The van der Waals surface area contributed by atoms with Gasteiger partial charge in [-0.1, -0.05) is 95.3 Å². The molecule has 3 aromatic carbocycles. The number of aromatic hydroxyl groups is 1. The second kappa shape index (κ2) is 11.7. The van der Waals surface area contributed by atoms with Gasteiger partial charge in [0, 0.05) is 16.7 Å². The maximum absolute atomic E-state index is 14.3. The highest BCUT2D eigenvalue weighted by atomic mass is 32.1. The van der Waals surface area contributed by atoms with Crippen LogP contribution in [0.2, 0.25) is 0 Å². The van der Waals surface area contributed by atoms with E-state index < -0.39 is 17.8 Å². The van der Waals surface area contributed by atoms with Crippen LogP contribution >= 0.6 is 11.3 Å². The summed E-state index contributed by atoms with van der Waals surface area (Å²) in [6.07, 6.45) is 1.81. The Morgan fingerprint density at radius 2 is 1.59 bits per heavy atom. The number of hydrogen-bond donors (Lipinski definition) is 1. The largest absolute Gasteiger partial charge is 0.507 e. The molecule has 0 bridgehead atoms. The number of halogens is 1. The van der Waals surface area contributed by atoms with E-state index in [0.29, 0.717) is 26.2 Å². The number of ether oxygens (including phenoxy) is 1. The Hall–Kier alpha value is -4.30. The SMILES string of the molecule is CCOC(=O)C1=C(c2ccccc2)N=c2s/c(=C/c3cc(C(C)(C)C)c(O)c(C(C)(C)C)c3)c(=O)n2C1c1ccc(F)cc1. The lowest BCUT2D eigenvalue weighted by Gasteiger charge is -2.27. The van der Waals surface area contributed by atoms with Crippen LogP contribution in [0.25, 0.3) is 11.8 Å². The summed E-state index contributed by atoms with van der Waals surface area (Å²) in [6, 6.07) is 18.0. The molecule has 8 heteroatoms. The van der Waals surface area contributed by atoms with Gasteiger partial charge < -0.3 is 9.84 Å². The van der Waals surface area contributed by atoms with E-state index in [2.05, 4.69) is 0 Å². The smallest absolute Gasteiger partial charge is 0.338 e. The monoisotopic (exact) mass is 612 g/mol. The van der Waals surface area contributed by atoms with Gasteiger partial charge in [-0.25, -0.2) is 14.2 Å². The van der Waals surface area contributed by atoms with Crippen LogP contribution in [0.1, 0.15) is 82.3 Å². The Labute approximate surface area is 260 Å². The number of nitrogens with zero attached hydrogens (tertiary/aromatic N) is 2. The molecule has 2 heterocycles. The van der Waals surface area contributed by atoms with Gasteiger partial charge in [-0.15, -0.1) is 0 Å². The van der Waals surface area contributed by atoms with Crippen molar-refractivity contribution in [2.75, 3.05) is 6.61 Å². The van der Waals surface area contributed by atoms with Crippen molar-refractivity contribution in [3.63, 3.8) is 0 Å². The first-order chi connectivity index (χ1) is 20.7. The molecule has 4 aromatic rings. The maximum Gasteiger partial charge on any atom is 0.338 e. The number of hydrogen-bond acceptors (Lipinski definition) is 6. The number of thiazole rings is 1. The van der Waals surface area contributed by atoms with Crippen molar-refractivity contribution < 1.29 is 19.0 Å². The Bertz CT molecular complexity index is 1910. The van der Waals surface area contributed by atoms with Crippen LogP contribution in [0, 0.1) is 5.82 Å². The molecule has 1 atom stereocenters. The Morgan fingerprint density at radius 1 is 1.00 bits per heavy atom. The summed E-state index contributed by atoms with van der Waals surface area (Å²) in [6.45, 7) is 14.1. The summed E-state index contributed by atoms with van der Waals surface area (Å²) in [5, 5.41) is 11.2. The minimum atomic E-state index is -0.890. The summed E-state index contributed by atoms with van der Waals surface area (Å²) in [7, 11) is 0. The third-order valence-corrected chi connectivity index (χ3v) is 8.59. The van der Waals surface area contributed by atoms with E-state index in [4.69, 9.17) is 9.73 Å². The van der Waals surface area contributed by atoms with Crippen molar-refractivity contribution in [3.8, 4) is 5.75 Å². The van der Waals surface area contributed by atoms with Crippen LogP contribution in [0.4, 0.5) is 4.39 Å². The molecule has 5 rings (SSSR count). The lowest BCUT2D eigenvalue weighted by Crippen LogP contribution is -2.40. The number of carbonyl (C=O) groups excluding carboxylic acids is 1. The van der Waals surface area contributed by atoms with Crippen LogP contribution in [0.3, 0.4) is 0 Å². The molecule has 1 N–H and O–H groups in total. The quantitative estimate of drug-likeness (QED) is 0.266. The van der Waals surface area contributed by atoms with E-state index in [1.54, 1.807) is 19.1 Å². The number of benzene rings is 3. The lowest BCUT2D eigenvalue weighted by atomic mass is 9.78. The summed E-state index contributed by atoms with van der Waals surface area (Å²) in [4.78, 5) is 33.1. The fraction of sp³-hybridized carbons (Fsp3) is 0.306. The second-order valence-electron chi connectivity index (χ2n) is 12.9. The number of esters is 1. The Morgan fingerprint density at radius 3 is 2.14 bits per heavy atom. The maximum atomic E-state index is 14.3. The topological polar surface area (TPSA) is 80.9 Å². The number of fused-ring (bicyclic) bond motifs is 1. The first-order valence-corrected chi connectivity index (χ1v) is 15.4. The zero-order valence-corrected chi connectivity index (χ0v) is 26.9. The Kier molecular flexibility index (Phi) is 8.25. The molecule has 1 aromatic heterocycles. The van der Waals surface area contributed by atoms with Crippen LogP contribution in [0.15, 0.2) is 82.1 Å². The first-order valence-electron chi connectivity index (χ1n) is 14.6. The van der Waals surface area contributed by atoms with E-state index in [9.17, 15) is 19.1 Å². The van der Waals surface area contributed by atoms with Gasteiger partial charge in [-0.05, 0) is 59.2 Å². The fourth-order valence-corrected chi connectivity index (χ4v) is 6.44. The molecule has 0 amide bonds. The molecule has 0 saturated carbocycles. The molecule has 1 unspecified atom stereocenters. The van der Waals surface area contributed by atoms with Crippen molar-refractivity contribution in [2.24, 2.45) is 4.99 Å². The minimum absolute atomic E-state index is 0.137. The number of phenolic OH excluding ortho intramolecular Hbond substituents is 1. The molecule has 0 saturated heterocycles. The summed E-state index contributed by atoms with van der Waals surface area (Å²) < 4.78 is 21.4. The zero-order valence-electron chi connectivity index (χ0n) is 26.1. The van der Waals surface area contributed by atoms with Crippen LogP contribution in [-0.2, 0) is 20.4 Å². The van der Waals surface area contributed by atoms with Gasteiger partial charge in [0.05, 0.1) is 28.5 Å². The summed E-state index contributed by atoms with van der Waals surface area (Å²) in [5.74, 6) is -0.767. The van der Waals surface area contributed by atoms with Crippen LogP contribution in [0.5, 0.6) is 5.75 Å². The van der Waals surface area contributed by atoms with Gasteiger partial charge in [-0.2, -0.15) is 0 Å².